The normalized spacial score (nSPS) is 40.8. The zero-order valence-corrected chi connectivity index (χ0v) is 11.8. The van der Waals surface area contributed by atoms with E-state index in [2.05, 4.69) is 0 Å². The van der Waals surface area contributed by atoms with Crippen LogP contribution >= 0.6 is 0 Å². The summed E-state index contributed by atoms with van der Waals surface area (Å²) in [6.07, 6.45) is -1.43. The molecule has 0 aromatic carbocycles. The molecule has 2 unspecified atom stereocenters. The van der Waals surface area contributed by atoms with Crippen molar-refractivity contribution in [2.75, 3.05) is 13.7 Å². The molecule has 1 aromatic heterocycles. The molecule has 2 fully saturated rings. The van der Waals surface area contributed by atoms with Crippen molar-refractivity contribution in [1.82, 2.24) is 9.55 Å². The molecule has 0 bridgehead atoms. The monoisotopic (exact) mass is 318 g/mol. The van der Waals surface area contributed by atoms with Crippen molar-refractivity contribution < 1.29 is 28.4 Å². The second-order valence-corrected chi connectivity index (χ2v) is 5.27. The number of fused-ring (bicyclic) bond motifs is 1. The first-order valence-corrected chi connectivity index (χ1v) is 6.49. The van der Waals surface area contributed by atoms with E-state index in [9.17, 15) is 19.1 Å². The fourth-order valence-electron chi connectivity index (χ4n) is 2.79. The Morgan fingerprint density at radius 1 is 1.50 bits per heavy atom. The second kappa shape index (κ2) is 4.96. The number of ether oxygens (including phenoxy) is 4. The summed E-state index contributed by atoms with van der Waals surface area (Å²) >= 11 is 0. The quantitative estimate of drug-likeness (QED) is 0.722. The van der Waals surface area contributed by atoms with E-state index >= 15 is 0 Å². The fourth-order valence-corrected chi connectivity index (χ4v) is 2.79. The lowest BCUT2D eigenvalue weighted by Gasteiger charge is -2.27. The SMILES string of the molecule is COC1O[C@@H]2[C@@](F)(CO)OC(n3ccc(=O)[nH]c3=O)[C@]2(C)O1. The van der Waals surface area contributed by atoms with Gasteiger partial charge in [0.05, 0.1) is 0 Å². The van der Waals surface area contributed by atoms with E-state index in [-0.39, 0.29) is 0 Å². The van der Waals surface area contributed by atoms with Gasteiger partial charge in [-0.15, -0.1) is 0 Å². The molecule has 10 heteroatoms. The van der Waals surface area contributed by atoms with Crippen LogP contribution in [0.15, 0.2) is 21.9 Å². The number of aromatic nitrogens is 2. The molecular weight excluding hydrogens is 303 g/mol. The van der Waals surface area contributed by atoms with Crippen LogP contribution < -0.4 is 11.2 Å². The summed E-state index contributed by atoms with van der Waals surface area (Å²) in [5.41, 5.74) is -2.85. The average molecular weight is 318 g/mol. The Morgan fingerprint density at radius 2 is 2.23 bits per heavy atom. The van der Waals surface area contributed by atoms with Gasteiger partial charge in [0, 0.05) is 19.4 Å². The van der Waals surface area contributed by atoms with Crippen molar-refractivity contribution in [2.45, 2.75) is 37.2 Å². The first-order chi connectivity index (χ1) is 10.3. The summed E-state index contributed by atoms with van der Waals surface area (Å²) in [4.78, 5) is 25.1. The lowest BCUT2D eigenvalue weighted by Crippen LogP contribution is -2.47. The van der Waals surface area contributed by atoms with Crippen LogP contribution in [0, 0.1) is 0 Å². The van der Waals surface area contributed by atoms with Gasteiger partial charge in [-0.2, -0.15) is 0 Å². The van der Waals surface area contributed by atoms with Gasteiger partial charge in [0.2, 0.25) is 0 Å². The zero-order valence-electron chi connectivity index (χ0n) is 11.8. The van der Waals surface area contributed by atoms with Crippen LogP contribution in [0.1, 0.15) is 13.2 Å². The Bertz CT molecular complexity index is 691. The van der Waals surface area contributed by atoms with Crippen molar-refractivity contribution in [3.05, 3.63) is 33.1 Å². The maximum atomic E-state index is 14.8. The van der Waals surface area contributed by atoms with Crippen LogP contribution in [0.3, 0.4) is 0 Å². The fraction of sp³-hybridized carbons (Fsp3) is 0.667. The number of nitrogens with one attached hydrogen (secondary N) is 1. The highest BCUT2D eigenvalue weighted by Gasteiger charge is 2.70. The molecule has 122 valence electrons. The Hall–Kier alpha value is -1.59. The molecule has 3 rings (SSSR count). The van der Waals surface area contributed by atoms with Crippen LogP contribution in [0.25, 0.3) is 0 Å². The Balaban J connectivity index is 2.08. The summed E-state index contributed by atoms with van der Waals surface area (Å²) in [5.74, 6) is -2.58. The van der Waals surface area contributed by atoms with E-state index in [0.29, 0.717) is 0 Å². The van der Waals surface area contributed by atoms with Gasteiger partial charge < -0.3 is 24.1 Å². The third kappa shape index (κ3) is 2.03. The topological polar surface area (TPSA) is 112 Å². The Kier molecular flexibility index (Phi) is 3.45. The lowest BCUT2D eigenvalue weighted by molar-refractivity contribution is -0.301. The number of nitrogens with zero attached hydrogens (tertiary/aromatic N) is 1. The predicted molar refractivity (Wildman–Crippen MR) is 67.5 cm³/mol. The molecule has 0 radical (unpaired) electrons. The lowest BCUT2D eigenvalue weighted by atomic mass is 9.95. The molecule has 1 aromatic rings. The number of aromatic amines is 1. The number of aliphatic hydroxyl groups excluding tert-OH is 1. The summed E-state index contributed by atoms with van der Waals surface area (Å²) in [7, 11) is 1.30. The van der Waals surface area contributed by atoms with E-state index in [1.165, 1.54) is 14.0 Å². The van der Waals surface area contributed by atoms with Crippen LogP contribution in [0.2, 0.25) is 0 Å². The third-order valence-corrected chi connectivity index (χ3v) is 3.82. The summed E-state index contributed by atoms with van der Waals surface area (Å²) in [5, 5.41) is 9.30. The highest BCUT2D eigenvalue weighted by atomic mass is 19.2. The van der Waals surface area contributed by atoms with E-state index in [1.807, 2.05) is 4.98 Å². The second-order valence-electron chi connectivity index (χ2n) is 5.27. The minimum absolute atomic E-state index is 0.604. The van der Waals surface area contributed by atoms with E-state index in [1.54, 1.807) is 0 Å². The third-order valence-electron chi connectivity index (χ3n) is 3.82. The van der Waals surface area contributed by atoms with Gasteiger partial charge in [-0.05, 0) is 6.92 Å². The molecule has 9 nitrogen and oxygen atoms in total. The van der Waals surface area contributed by atoms with Crippen molar-refractivity contribution in [2.24, 2.45) is 0 Å². The number of H-pyrrole nitrogens is 1. The molecule has 2 N–H and O–H groups in total. The molecule has 0 aliphatic carbocycles. The molecule has 5 atom stereocenters. The van der Waals surface area contributed by atoms with E-state index < -0.39 is 48.1 Å². The molecule has 22 heavy (non-hydrogen) atoms. The van der Waals surface area contributed by atoms with Crippen molar-refractivity contribution in [3.63, 3.8) is 0 Å². The van der Waals surface area contributed by atoms with Gasteiger partial charge >= 0.3 is 5.69 Å². The average Bonchev–Trinajstić information content (AvgIpc) is 2.93. The van der Waals surface area contributed by atoms with Gasteiger partial charge in [-0.1, -0.05) is 0 Å². The van der Waals surface area contributed by atoms with Gasteiger partial charge in [-0.25, -0.2) is 9.18 Å². The van der Waals surface area contributed by atoms with Crippen molar-refractivity contribution in [1.29, 1.82) is 0 Å². The number of halogens is 1. The highest BCUT2D eigenvalue weighted by molar-refractivity contribution is 5.08. The van der Waals surface area contributed by atoms with Gasteiger partial charge in [0.1, 0.15) is 12.2 Å². The molecule has 2 saturated heterocycles. The molecule has 0 spiro atoms. The number of aliphatic hydroxyl groups is 1. The van der Waals surface area contributed by atoms with Crippen LogP contribution in [-0.4, -0.2) is 52.4 Å². The molecule has 0 saturated carbocycles. The largest absolute Gasteiger partial charge is 0.390 e. The predicted octanol–water partition coefficient (Wildman–Crippen LogP) is -1.17. The van der Waals surface area contributed by atoms with E-state index in [0.717, 1.165) is 16.8 Å². The number of hydrogen-bond donors (Lipinski definition) is 2. The van der Waals surface area contributed by atoms with Gasteiger partial charge in [0.25, 0.3) is 17.9 Å². The number of rotatable bonds is 3. The van der Waals surface area contributed by atoms with Crippen molar-refractivity contribution >= 4 is 0 Å². The number of alkyl halides is 1. The highest BCUT2D eigenvalue weighted by Crippen LogP contribution is 2.52. The number of hydrogen-bond acceptors (Lipinski definition) is 7. The zero-order chi connectivity index (χ0) is 16.1. The molecule has 2 aliphatic rings. The van der Waals surface area contributed by atoms with E-state index in [4.69, 9.17) is 18.9 Å². The maximum absolute atomic E-state index is 14.8. The first-order valence-electron chi connectivity index (χ1n) is 6.49. The smallest absolute Gasteiger partial charge is 0.330 e. The van der Waals surface area contributed by atoms with Gasteiger partial charge in [-0.3, -0.25) is 14.3 Å². The van der Waals surface area contributed by atoms with Gasteiger partial charge in [0.15, 0.2) is 12.3 Å². The minimum Gasteiger partial charge on any atom is -0.390 e. The Morgan fingerprint density at radius 3 is 2.82 bits per heavy atom. The summed E-state index contributed by atoms with van der Waals surface area (Å²) in [6.45, 7) is -0.695. The molecular formula is C12H15FN2O7. The molecule has 3 heterocycles. The summed E-state index contributed by atoms with van der Waals surface area (Å²) < 4.78 is 36.6. The van der Waals surface area contributed by atoms with Crippen molar-refractivity contribution in [3.8, 4) is 0 Å². The molecule has 2 aliphatic heterocycles. The number of methoxy groups -OCH3 is 1. The maximum Gasteiger partial charge on any atom is 0.330 e. The minimum atomic E-state index is -2.58. The standard InChI is InChI=1S/C12H15FN2O7/c1-11-7(20-10(19-2)22-11)12(13,5-16)21-8(11)15-4-3-6(17)14-9(15)18/h3-4,7-8,10,16H,5H2,1-2H3,(H,14,17,18)/t7-,8?,10?,11+,12+/m0/s1. The summed E-state index contributed by atoms with van der Waals surface area (Å²) in [6, 6.07) is 1.09. The van der Waals surface area contributed by atoms with Crippen LogP contribution in [0.5, 0.6) is 0 Å². The Labute approximate surface area is 123 Å². The van der Waals surface area contributed by atoms with Crippen LogP contribution in [-0.2, 0) is 18.9 Å². The van der Waals surface area contributed by atoms with Crippen LogP contribution in [0.4, 0.5) is 4.39 Å². The first kappa shape index (κ1) is 15.3. The molecule has 0 amide bonds.